The summed E-state index contributed by atoms with van der Waals surface area (Å²) in [6, 6.07) is 11.9. The Balaban J connectivity index is 1.85. The Bertz CT molecular complexity index is 823. The van der Waals surface area contributed by atoms with Crippen molar-refractivity contribution >= 4 is 46.9 Å². The fraction of sp³-hybridized carbons (Fsp3) is 0.211. The van der Waals surface area contributed by atoms with Gasteiger partial charge in [-0.3, -0.25) is 9.59 Å². The molecule has 2 rings (SSSR count). The number of hydrogen-bond acceptors (Lipinski definition) is 4. The molecule has 0 saturated heterocycles. The van der Waals surface area contributed by atoms with Crippen LogP contribution in [-0.4, -0.2) is 24.6 Å². The van der Waals surface area contributed by atoms with E-state index in [0.717, 1.165) is 24.2 Å². The summed E-state index contributed by atoms with van der Waals surface area (Å²) in [7, 11) is 0. The second kappa shape index (κ2) is 10.5. The minimum absolute atomic E-state index is 0.157. The van der Waals surface area contributed by atoms with Crippen LogP contribution in [0.4, 0.5) is 5.69 Å². The van der Waals surface area contributed by atoms with E-state index >= 15 is 0 Å². The van der Waals surface area contributed by atoms with E-state index in [-0.39, 0.29) is 15.7 Å². The molecule has 2 aromatic rings. The van der Waals surface area contributed by atoms with E-state index in [1.54, 1.807) is 24.3 Å². The number of benzene rings is 2. The molecule has 0 aliphatic heterocycles. The van der Waals surface area contributed by atoms with Crippen molar-refractivity contribution in [2.24, 2.45) is 5.10 Å². The molecule has 0 heterocycles. The zero-order valence-corrected chi connectivity index (χ0v) is 16.2. The van der Waals surface area contributed by atoms with Gasteiger partial charge in [0.25, 0.3) is 0 Å². The lowest BCUT2D eigenvalue weighted by Gasteiger charge is -2.07. The van der Waals surface area contributed by atoms with Gasteiger partial charge in [0.2, 0.25) is 0 Å². The maximum atomic E-state index is 11.9. The predicted octanol–water partition coefficient (Wildman–Crippen LogP) is 4.26. The third kappa shape index (κ3) is 6.58. The van der Waals surface area contributed by atoms with Gasteiger partial charge in [-0.05, 0) is 48.4 Å². The number of ether oxygens (including phenoxy) is 1. The highest BCUT2D eigenvalue weighted by molar-refractivity contribution is 6.45. The maximum Gasteiger partial charge on any atom is 0.329 e. The van der Waals surface area contributed by atoms with Crippen molar-refractivity contribution < 1.29 is 14.3 Å². The van der Waals surface area contributed by atoms with E-state index in [4.69, 9.17) is 27.9 Å². The number of anilines is 1. The first-order valence-electron chi connectivity index (χ1n) is 8.32. The van der Waals surface area contributed by atoms with Crippen molar-refractivity contribution in [3.63, 3.8) is 0 Å². The molecule has 0 aromatic heterocycles. The van der Waals surface area contributed by atoms with Crippen molar-refractivity contribution in [3.8, 4) is 5.75 Å². The Morgan fingerprint density at radius 1 is 1.11 bits per heavy atom. The largest absolute Gasteiger partial charge is 0.494 e. The van der Waals surface area contributed by atoms with Crippen molar-refractivity contribution in [2.45, 2.75) is 19.8 Å². The molecule has 0 atom stereocenters. The Morgan fingerprint density at radius 2 is 1.85 bits per heavy atom. The molecule has 0 spiro atoms. The van der Waals surface area contributed by atoms with E-state index in [2.05, 4.69) is 22.8 Å². The van der Waals surface area contributed by atoms with E-state index in [9.17, 15) is 9.59 Å². The number of hydrogen-bond donors (Lipinski definition) is 2. The van der Waals surface area contributed by atoms with Crippen LogP contribution in [-0.2, 0) is 9.59 Å². The summed E-state index contributed by atoms with van der Waals surface area (Å²) in [6.45, 7) is 2.77. The molecule has 142 valence electrons. The van der Waals surface area contributed by atoms with Gasteiger partial charge in [-0.25, -0.2) is 5.43 Å². The van der Waals surface area contributed by atoms with Crippen LogP contribution in [0.5, 0.6) is 5.75 Å². The third-order valence-electron chi connectivity index (χ3n) is 3.43. The van der Waals surface area contributed by atoms with Gasteiger partial charge in [0.1, 0.15) is 5.75 Å². The molecule has 0 aliphatic carbocycles. The van der Waals surface area contributed by atoms with Crippen LogP contribution in [0.25, 0.3) is 0 Å². The molecule has 0 saturated carbocycles. The number of nitrogens with one attached hydrogen (secondary N) is 2. The van der Waals surface area contributed by atoms with Gasteiger partial charge in [0, 0.05) is 0 Å². The summed E-state index contributed by atoms with van der Waals surface area (Å²) in [6.07, 6.45) is 3.49. The Hall–Kier alpha value is -2.57. The second-order valence-corrected chi connectivity index (χ2v) is 6.31. The average molecular weight is 408 g/mol. The van der Waals surface area contributed by atoms with Crippen LogP contribution in [0.15, 0.2) is 47.6 Å². The quantitative estimate of drug-likeness (QED) is 0.311. The fourth-order valence-corrected chi connectivity index (χ4v) is 2.33. The van der Waals surface area contributed by atoms with Gasteiger partial charge in [0.05, 0.1) is 28.6 Å². The van der Waals surface area contributed by atoms with Crippen molar-refractivity contribution in [1.82, 2.24) is 5.43 Å². The second-order valence-electron chi connectivity index (χ2n) is 5.53. The fourth-order valence-electron chi connectivity index (χ4n) is 1.98. The van der Waals surface area contributed by atoms with Crippen LogP contribution in [0.1, 0.15) is 25.3 Å². The number of rotatable bonds is 7. The minimum Gasteiger partial charge on any atom is -0.494 e. The standard InChI is InChI=1S/C19H19Cl2N3O3/c1-2-3-11-27-14-9-7-13(8-10-14)12-22-24-19(26)18(25)23-16-6-4-5-15(20)17(16)21/h4-10,12H,2-3,11H2,1H3,(H,23,25)(H,24,26)/b22-12-. The topological polar surface area (TPSA) is 79.8 Å². The summed E-state index contributed by atoms with van der Waals surface area (Å²) >= 11 is 11.8. The number of nitrogens with zero attached hydrogens (tertiary/aromatic N) is 1. The molecule has 27 heavy (non-hydrogen) atoms. The summed E-state index contributed by atoms with van der Waals surface area (Å²) in [5.74, 6) is -1.07. The lowest BCUT2D eigenvalue weighted by atomic mass is 10.2. The summed E-state index contributed by atoms with van der Waals surface area (Å²) < 4.78 is 5.56. The van der Waals surface area contributed by atoms with Crippen LogP contribution >= 0.6 is 23.2 Å². The van der Waals surface area contributed by atoms with E-state index in [1.807, 2.05) is 12.1 Å². The molecular weight excluding hydrogens is 389 g/mol. The van der Waals surface area contributed by atoms with Gasteiger partial charge in [-0.15, -0.1) is 0 Å². The average Bonchev–Trinajstić information content (AvgIpc) is 2.66. The smallest absolute Gasteiger partial charge is 0.329 e. The molecule has 2 N–H and O–H groups in total. The molecule has 0 unspecified atom stereocenters. The number of unbranched alkanes of at least 4 members (excludes halogenated alkanes) is 1. The van der Waals surface area contributed by atoms with Crippen LogP contribution in [0.3, 0.4) is 0 Å². The normalized spacial score (nSPS) is 10.6. The van der Waals surface area contributed by atoms with Crippen LogP contribution in [0, 0.1) is 0 Å². The molecule has 2 aromatic carbocycles. The molecule has 0 bridgehead atoms. The van der Waals surface area contributed by atoms with Crippen LogP contribution < -0.4 is 15.5 Å². The summed E-state index contributed by atoms with van der Waals surface area (Å²) in [5.41, 5.74) is 3.14. The van der Waals surface area contributed by atoms with Gasteiger partial charge in [0.15, 0.2) is 0 Å². The highest BCUT2D eigenvalue weighted by atomic mass is 35.5. The van der Waals surface area contributed by atoms with Gasteiger partial charge >= 0.3 is 11.8 Å². The minimum atomic E-state index is -0.929. The number of hydrazone groups is 1. The molecular formula is C19H19Cl2N3O3. The van der Waals surface area contributed by atoms with E-state index < -0.39 is 11.8 Å². The molecule has 6 nitrogen and oxygen atoms in total. The van der Waals surface area contributed by atoms with Crippen LogP contribution in [0.2, 0.25) is 10.0 Å². The lowest BCUT2D eigenvalue weighted by Crippen LogP contribution is -2.32. The number of halogens is 2. The van der Waals surface area contributed by atoms with E-state index in [1.165, 1.54) is 12.3 Å². The van der Waals surface area contributed by atoms with Crippen molar-refractivity contribution in [3.05, 3.63) is 58.1 Å². The highest BCUT2D eigenvalue weighted by Gasteiger charge is 2.15. The zero-order chi connectivity index (χ0) is 19.6. The monoisotopic (exact) mass is 407 g/mol. The number of amides is 2. The third-order valence-corrected chi connectivity index (χ3v) is 4.25. The lowest BCUT2D eigenvalue weighted by molar-refractivity contribution is -0.136. The molecule has 8 heteroatoms. The Morgan fingerprint density at radius 3 is 2.56 bits per heavy atom. The Labute approximate surface area is 167 Å². The summed E-state index contributed by atoms with van der Waals surface area (Å²) in [5, 5.41) is 6.57. The first-order chi connectivity index (χ1) is 13.0. The zero-order valence-electron chi connectivity index (χ0n) is 14.7. The Kier molecular flexibility index (Phi) is 8.10. The van der Waals surface area contributed by atoms with Gasteiger partial charge < -0.3 is 10.1 Å². The van der Waals surface area contributed by atoms with Crippen molar-refractivity contribution in [2.75, 3.05) is 11.9 Å². The molecule has 0 fully saturated rings. The predicted molar refractivity (Wildman–Crippen MR) is 108 cm³/mol. The highest BCUT2D eigenvalue weighted by Crippen LogP contribution is 2.29. The van der Waals surface area contributed by atoms with E-state index in [0.29, 0.717) is 6.61 Å². The van der Waals surface area contributed by atoms with Crippen molar-refractivity contribution in [1.29, 1.82) is 0 Å². The molecule has 0 radical (unpaired) electrons. The molecule has 2 amide bonds. The van der Waals surface area contributed by atoms with Gasteiger partial charge in [-0.1, -0.05) is 42.6 Å². The number of carbonyl (C=O) groups excluding carboxylic acids is 2. The number of carbonyl (C=O) groups is 2. The molecule has 0 aliphatic rings. The SMILES string of the molecule is CCCCOc1ccc(/C=N\NC(=O)C(=O)Nc2cccc(Cl)c2Cl)cc1. The first kappa shape index (κ1) is 20.7. The summed E-state index contributed by atoms with van der Waals surface area (Å²) in [4.78, 5) is 23.7. The van der Waals surface area contributed by atoms with Gasteiger partial charge in [-0.2, -0.15) is 5.10 Å². The first-order valence-corrected chi connectivity index (χ1v) is 9.08. The maximum absolute atomic E-state index is 11.9.